The van der Waals surface area contributed by atoms with Gasteiger partial charge in [-0.2, -0.15) is 0 Å². The minimum Gasteiger partial charge on any atom is -0.379 e. The molecule has 3 nitrogen and oxygen atoms in total. The zero-order chi connectivity index (χ0) is 8.10. The van der Waals surface area contributed by atoms with Gasteiger partial charge in [-0.25, -0.2) is 0 Å². The normalized spacial score (nSPS) is 27.3. The number of rotatable bonds is 4. The summed E-state index contributed by atoms with van der Waals surface area (Å²) in [5.74, 6) is 0. The van der Waals surface area contributed by atoms with Crippen LogP contribution in [0.3, 0.4) is 0 Å². The molecule has 1 aliphatic heterocycles. The Kier molecular flexibility index (Phi) is 3.83. The van der Waals surface area contributed by atoms with Gasteiger partial charge in [0.1, 0.15) is 0 Å². The summed E-state index contributed by atoms with van der Waals surface area (Å²) in [7, 11) is 0. The molecule has 1 saturated heterocycles. The lowest BCUT2D eigenvalue weighted by Gasteiger charge is -2.17. The van der Waals surface area contributed by atoms with E-state index in [9.17, 15) is 0 Å². The molecule has 2 N–H and O–H groups in total. The first-order valence-corrected chi connectivity index (χ1v) is 4.30. The van der Waals surface area contributed by atoms with Gasteiger partial charge in [0, 0.05) is 13.2 Å². The fourth-order valence-corrected chi connectivity index (χ4v) is 1.21. The van der Waals surface area contributed by atoms with Gasteiger partial charge in [-0.3, -0.25) is 0 Å². The van der Waals surface area contributed by atoms with Crippen LogP contribution in [0.1, 0.15) is 19.8 Å². The van der Waals surface area contributed by atoms with Gasteiger partial charge in [-0.1, -0.05) is 6.92 Å². The van der Waals surface area contributed by atoms with E-state index in [0.29, 0.717) is 12.6 Å². The van der Waals surface area contributed by atoms with E-state index in [1.807, 2.05) is 0 Å². The van der Waals surface area contributed by atoms with E-state index in [1.165, 1.54) is 0 Å². The van der Waals surface area contributed by atoms with Crippen molar-refractivity contribution in [2.45, 2.75) is 32.0 Å². The number of hydrogen-bond donors (Lipinski definition) is 1. The lowest BCUT2D eigenvalue weighted by atomic mass is 10.2. The summed E-state index contributed by atoms with van der Waals surface area (Å²) in [6, 6.07) is 0. The highest BCUT2D eigenvalue weighted by Crippen LogP contribution is 2.11. The molecular formula is C8H17NO2. The fraction of sp³-hybridized carbons (Fsp3) is 1.00. The molecule has 1 fully saturated rings. The first-order valence-electron chi connectivity index (χ1n) is 4.30. The number of ether oxygens (including phenoxy) is 2. The molecule has 0 radical (unpaired) electrons. The average molecular weight is 159 g/mol. The Hall–Kier alpha value is -0.120. The first kappa shape index (κ1) is 8.97. The Labute approximate surface area is 67.9 Å². The summed E-state index contributed by atoms with van der Waals surface area (Å²) < 4.78 is 10.8. The van der Waals surface area contributed by atoms with Crippen LogP contribution >= 0.6 is 0 Å². The summed E-state index contributed by atoms with van der Waals surface area (Å²) in [6.45, 7) is 4.29. The minimum absolute atomic E-state index is 0.224. The monoisotopic (exact) mass is 159 g/mol. The third-order valence-electron chi connectivity index (χ3n) is 1.99. The minimum atomic E-state index is 0.224. The van der Waals surface area contributed by atoms with Crippen molar-refractivity contribution in [1.29, 1.82) is 0 Å². The van der Waals surface area contributed by atoms with Crippen molar-refractivity contribution in [2.24, 2.45) is 5.73 Å². The molecule has 0 bridgehead atoms. The van der Waals surface area contributed by atoms with Gasteiger partial charge in [0.25, 0.3) is 0 Å². The Morgan fingerprint density at radius 2 is 2.55 bits per heavy atom. The van der Waals surface area contributed by atoms with Crippen molar-refractivity contribution < 1.29 is 9.47 Å². The van der Waals surface area contributed by atoms with Crippen molar-refractivity contribution in [2.75, 3.05) is 19.8 Å². The molecule has 0 amide bonds. The van der Waals surface area contributed by atoms with Crippen molar-refractivity contribution in [1.82, 2.24) is 0 Å². The van der Waals surface area contributed by atoms with E-state index in [0.717, 1.165) is 26.1 Å². The highest BCUT2D eigenvalue weighted by molar-refractivity contribution is 4.66. The summed E-state index contributed by atoms with van der Waals surface area (Å²) in [5.41, 5.74) is 5.50. The SMILES string of the molecule is CCC(CN)OC1CCOC1. The summed E-state index contributed by atoms with van der Waals surface area (Å²) in [4.78, 5) is 0. The molecule has 2 unspecified atom stereocenters. The van der Waals surface area contributed by atoms with E-state index in [4.69, 9.17) is 15.2 Å². The molecule has 1 aliphatic rings. The summed E-state index contributed by atoms with van der Waals surface area (Å²) >= 11 is 0. The zero-order valence-corrected chi connectivity index (χ0v) is 7.08. The van der Waals surface area contributed by atoms with Gasteiger partial charge < -0.3 is 15.2 Å². The van der Waals surface area contributed by atoms with E-state index in [2.05, 4.69) is 6.92 Å². The van der Waals surface area contributed by atoms with Crippen LogP contribution in [0.25, 0.3) is 0 Å². The van der Waals surface area contributed by atoms with Crippen LogP contribution < -0.4 is 5.73 Å². The zero-order valence-electron chi connectivity index (χ0n) is 7.08. The van der Waals surface area contributed by atoms with Gasteiger partial charge in [-0.05, 0) is 12.8 Å². The maximum atomic E-state index is 5.66. The smallest absolute Gasteiger partial charge is 0.0834 e. The molecule has 0 aromatic rings. The van der Waals surface area contributed by atoms with Crippen LogP contribution in [0.2, 0.25) is 0 Å². The second kappa shape index (κ2) is 4.70. The predicted octanol–water partition coefficient (Wildman–Crippen LogP) is 0.529. The van der Waals surface area contributed by atoms with Gasteiger partial charge in [-0.15, -0.1) is 0 Å². The van der Waals surface area contributed by atoms with Crippen LogP contribution in [-0.2, 0) is 9.47 Å². The maximum Gasteiger partial charge on any atom is 0.0834 e. The summed E-state index contributed by atoms with van der Waals surface area (Å²) in [5, 5.41) is 0. The van der Waals surface area contributed by atoms with Crippen molar-refractivity contribution in [3.8, 4) is 0 Å². The fourth-order valence-electron chi connectivity index (χ4n) is 1.21. The van der Waals surface area contributed by atoms with E-state index >= 15 is 0 Å². The van der Waals surface area contributed by atoms with Crippen LogP contribution in [0.4, 0.5) is 0 Å². The molecule has 11 heavy (non-hydrogen) atoms. The highest BCUT2D eigenvalue weighted by Gasteiger charge is 2.18. The average Bonchev–Trinajstić information content (AvgIpc) is 2.52. The van der Waals surface area contributed by atoms with Gasteiger partial charge in [0.15, 0.2) is 0 Å². The first-order chi connectivity index (χ1) is 5.36. The van der Waals surface area contributed by atoms with E-state index in [1.54, 1.807) is 0 Å². The second-order valence-electron chi connectivity index (χ2n) is 2.89. The molecule has 3 heteroatoms. The molecule has 0 aromatic carbocycles. The third-order valence-corrected chi connectivity index (χ3v) is 1.99. The maximum absolute atomic E-state index is 5.66. The van der Waals surface area contributed by atoms with Crippen molar-refractivity contribution in [3.05, 3.63) is 0 Å². The molecule has 1 heterocycles. The summed E-state index contributed by atoms with van der Waals surface area (Å²) in [6.07, 6.45) is 2.54. The topological polar surface area (TPSA) is 44.5 Å². The second-order valence-corrected chi connectivity index (χ2v) is 2.89. The quantitative estimate of drug-likeness (QED) is 0.650. The van der Waals surface area contributed by atoms with Crippen molar-refractivity contribution in [3.63, 3.8) is 0 Å². The van der Waals surface area contributed by atoms with Gasteiger partial charge in [0.2, 0.25) is 0 Å². The van der Waals surface area contributed by atoms with Crippen LogP contribution in [0.15, 0.2) is 0 Å². The molecular weight excluding hydrogens is 142 g/mol. The van der Waals surface area contributed by atoms with Gasteiger partial charge >= 0.3 is 0 Å². The molecule has 0 saturated carbocycles. The van der Waals surface area contributed by atoms with Crippen LogP contribution in [0, 0.1) is 0 Å². The number of nitrogens with two attached hydrogens (primary N) is 1. The van der Waals surface area contributed by atoms with E-state index in [-0.39, 0.29) is 6.10 Å². The molecule has 2 atom stereocenters. The lowest BCUT2D eigenvalue weighted by Crippen LogP contribution is -2.28. The van der Waals surface area contributed by atoms with Crippen LogP contribution in [-0.4, -0.2) is 32.0 Å². The molecule has 0 aromatic heterocycles. The standard InChI is InChI=1S/C8H17NO2/c1-2-7(5-9)11-8-3-4-10-6-8/h7-8H,2-6,9H2,1H3. The van der Waals surface area contributed by atoms with E-state index < -0.39 is 0 Å². The molecule has 0 aliphatic carbocycles. The Morgan fingerprint density at radius 1 is 1.73 bits per heavy atom. The Balaban J connectivity index is 2.16. The van der Waals surface area contributed by atoms with Gasteiger partial charge in [0.05, 0.1) is 18.8 Å². The predicted molar refractivity (Wildman–Crippen MR) is 43.4 cm³/mol. The largest absolute Gasteiger partial charge is 0.379 e. The molecule has 66 valence electrons. The van der Waals surface area contributed by atoms with Crippen LogP contribution in [0.5, 0.6) is 0 Å². The molecule has 0 spiro atoms. The highest BCUT2D eigenvalue weighted by atomic mass is 16.5. The lowest BCUT2D eigenvalue weighted by molar-refractivity contribution is -0.0125. The number of hydrogen-bond acceptors (Lipinski definition) is 3. The van der Waals surface area contributed by atoms with Crippen molar-refractivity contribution >= 4 is 0 Å². The Morgan fingerprint density at radius 3 is 3.00 bits per heavy atom. The Bertz CT molecular complexity index is 98.3. The molecule has 1 rings (SSSR count). The third kappa shape index (κ3) is 2.77.